The maximum atomic E-state index is 12.4. The number of allylic oxidation sites excluding steroid dienone is 1. The van der Waals surface area contributed by atoms with E-state index in [4.69, 9.17) is 9.47 Å². The van der Waals surface area contributed by atoms with Gasteiger partial charge in [0, 0.05) is 0 Å². The molecule has 1 rings (SSSR count). The first-order valence-electron chi connectivity index (χ1n) is 7.07. The summed E-state index contributed by atoms with van der Waals surface area (Å²) in [5, 5.41) is 0. The Bertz CT molecular complexity index is 544. The average molecular weight is 305 g/mol. The number of hydrogen-bond donors (Lipinski definition) is 0. The lowest BCUT2D eigenvalue weighted by Crippen LogP contribution is -2.38. The molecule has 0 N–H and O–H groups in total. The fraction of sp³-hybridized carbons (Fsp3) is 0.412. The van der Waals surface area contributed by atoms with Crippen LogP contribution in [0.5, 0.6) is 0 Å². The molecule has 0 saturated carbocycles. The lowest BCUT2D eigenvalue weighted by atomic mass is 10.2. The lowest BCUT2D eigenvalue weighted by molar-refractivity contribution is -0.138. The van der Waals surface area contributed by atoms with Crippen LogP contribution in [0.1, 0.15) is 33.3 Å². The van der Waals surface area contributed by atoms with Crippen LogP contribution in [0.4, 0.5) is 4.79 Å². The summed E-state index contributed by atoms with van der Waals surface area (Å²) >= 11 is 0. The van der Waals surface area contributed by atoms with Gasteiger partial charge in [0.15, 0.2) is 0 Å². The Morgan fingerprint density at radius 3 is 2.23 bits per heavy atom. The molecule has 0 radical (unpaired) electrons. The van der Waals surface area contributed by atoms with Crippen LogP contribution in [0.25, 0.3) is 0 Å². The van der Waals surface area contributed by atoms with E-state index in [1.807, 2.05) is 30.3 Å². The summed E-state index contributed by atoms with van der Waals surface area (Å²) < 4.78 is 10.1. The topological polar surface area (TPSA) is 55.8 Å². The number of carbonyl (C=O) groups excluding carboxylic acids is 2. The average Bonchev–Trinajstić information content (AvgIpc) is 2.46. The highest BCUT2D eigenvalue weighted by atomic mass is 16.6. The fourth-order valence-electron chi connectivity index (χ4n) is 1.82. The summed E-state index contributed by atoms with van der Waals surface area (Å²) in [6.45, 7) is 7.23. The number of hydrogen-bond acceptors (Lipinski definition) is 4. The van der Waals surface area contributed by atoms with Crippen LogP contribution in [-0.2, 0) is 20.8 Å². The SMILES string of the molecule is C/C=C(/C(=O)OC)N(Cc1ccccc1)C(=O)OC(C)(C)C. The van der Waals surface area contributed by atoms with Crippen molar-refractivity contribution in [3.8, 4) is 0 Å². The molecule has 0 atom stereocenters. The third-order valence-electron chi connectivity index (χ3n) is 2.76. The van der Waals surface area contributed by atoms with Crippen molar-refractivity contribution in [1.82, 2.24) is 4.90 Å². The van der Waals surface area contributed by atoms with Gasteiger partial charge in [0.1, 0.15) is 11.3 Å². The summed E-state index contributed by atoms with van der Waals surface area (Å²) in [6.07, 6.45) is 0.952. The predicted octanol–water partition coefficient (Wildman–Crippen LogP) is 3.50. The molecule has 0 aliphatic heterocycles. The van der Waals surface area contributed by atoms with E-state index in [-0.39, 0.29) is 12.2 Å². The molecule has 1 aromatic carbocycles. The smallest absolute Gasteiger partial charge is 0.415 e. The lowest BCUT2D eigenvalue weighted by Gasteiger charge is -2.28. The van der Waals surface area contributed by atoms with Gasteiger partial charge in [-0.25, -0.2) is 9.59 Å². The highest BCUT2D eigenvalue weighted by Gasteiger charge is 2.28. The van der Waals surface area contributed by atoms with E-state index in [9.17, 15) is 9.59 Å². The second-order valence-corrected chi connectivity index (χ2v) is 5.72. The highest BCUT2D eigenvalue weighted by Crippen LogP contribution is 2.18. The molecule has 1 aromatic rings. The van der Waals surface area contributed by atoms with Gasteiger partial charge in [-0.1, -0.05) is 36.4 Å². The predicted molar refractivity (Wildman–Crippen MR) is 84.0 cm³/mol. The molecule has 0 saturated heterocycles. The van der Waals surface area contributed by atoms with Gasteiger partial charge in [0.25, 0.3) is 0 Å². The molecular formula is C17H23NO4. The van der Waals surface area contributed by atoms with Gasteiger partial charge in [0.05, 0.1) is 13.7 Å². The molecule has 0 aliphatic rings. The van der Waals surface area contributed by atoms with Gasteiger partial charge in [-0.3, -0.25) is 4.90 Å². The summed E-state index contributed by atoms with van der Waals surface area (Å²) in [5.41, 5.74) is 0.387. The number of methoxy groups -OCH3 is 1. The maximum absolute atomic E-state index is 12.4. The summed E-state index contributed by atoms with van der Waals surface area (Å²) in [4.78, 5) is 25.6. The first-order valence-corrected chi connectivity index (χ1v) is 7.07. The van der Waals surface area contributed by atoms with Gasteiger partial charge in [0.2, 0.25) is 0 Å². The minimum Gasteiger partial charge on any atom is -0.464 e. The zero-order valence-electron chi connectivity index (χ0n) is 13.8. The van der Waals surface area contributed by atoms with E-state index < -0.39 is 17.7 Å². The molecule has 0 fully saturated rings. The van der Waals surface area contributed by atoms with Crippen molar-refractivity contribution in [1.29, 1.82) is 0 Å². The molecule has 5 heteroatoms. The number of nitrogens with zero attached hydrogens (tertiary/aromatic N) is 1. The first kappa shape index (κ1) is 17.8. The molecule has 0 spiro atoms. The van der Waals surface area contributed by atoms with E-state index in [0.717, 1.165) is 5.56 Å². The number of amides is 1. The zero-order valence-corrected chi connectivity index (χ0v) is 13.8. The van der Waals surface area contributed by atoms with Gasteiger partial charge in [-0.15, -0.1) is 0 Å². The van der Waals surface area contributed by atoms with Crippen molar-refractivity contribution < 1.29 is 19.1 Å². The molecule has 0 unspecified atom stereocenters. The van der Waals surface area contributed by atoms with Gasteiger partial charge >= 0.3 is 12.1 Å². The Morgan fingerprint density at radius 1 is 1.18 bits per heavy atom. The van der Waals surface area contributed by atoms with E-state index in [1.54, 1.807) is 33.8 Å². The molecular weight excluding hydrogens is 282 g/mol. The second kappa shape index (κ2) is 7.64. The molecule has 1 amide bonds. The number of ether oxygens (including phenoxy) is 2. The molecule has 5 nitrogen and oxygen atoms in total. The van der Waals surface area contributed by atoms with E-state index >= 15 is 0 Å². The van der Waals surface area contributed by atoms with Crippen molar-refractivity contribution in [2.75, 3.05) is 7.11 Å². The van der Waals surface area contributed by atoms with Crippen molar-refractivity contribution in [2.45, 2.75) is 39.8 Å². The van der Waals surface area contributed by atoms with Crippen molar-refractivity contribution in [3.63, 3.8) is 0 Å². The number of benzene rings is 1. The van der Waals surface area contributed by atoms with Crippen LogP contribution in [0.15, 0.2) is 42.1 Å². The normalized spacial score (nSPS) is 11.8. The van der Waals surface area contributed by atoms with Crippen LogP contribution >= 0.6 is 0 Å². The fourth-order valence-corrected chi connectivity index (χ4v) is 1.82. The Labute approximate surface area is 131 Å². The Morgan fingerprint density at radius 2 is 1.77 bits per heavy atom. The van der Waals surface area contributed by atoms with Crippen molar-refractivity contribution >= 4 is 12.1 Å². The summed E-state index contributed by atoms with van der Waals surface area (Å²) in [6, 6.07) is 9.38. The van der Waals surface area contributed by atoms with E-state index in [2.05, 4.69) is 0 Å². The first-order chi connectivity index (χ1) is 10.3. The second-order valence-electron chi connectivity index (χ2n) is 5.72. The standard InChI is InChI=1S/C17H23NO4/c1-6-14(15(19)21-5)18(16(20)22-17(2,3)4)12-13-10-8-7-9-11-13/h6-11H,12H2,1-5H3/b14-6-. The van der Waals surface area contributed by atoms with Crippen LogP contribution in [0.3, 0.4) is 0 Å². The molecule has 22 heavy (non-hydrogen) atoms. The monoisotopic (exact) mass is 305 g/mol. The summed E-state index contributed by atoms with van der Waals surface area (Å²) in [7, 11) is 1.28. The zero-order chi connectivity index (χ0) is 16.8. The molecule has 120 valence electrons. The third kappa shape index (κ3) is 5.24. The van der Waals surface area contributed by atoms with Gasteiger partial charge in [-0.05, 0) is 33.3 Å². The van der Waals surface area contributed by atoms with Crippen LogP contribution < -0.4 is 0 Å². The molecule has 0 bridgehead atoms. The molecule has 0 aromatic heterocycles. The Hall–Kier alpha value is -2.30. The van der Waals surface area contributed by atoms with Crippen molar-refractivity contribution in [2.24, 2.45) is 0 Å². The maximum Gasteiger partial charge on any atom is 0.415 e. The largest absolute Gasteiger partial charge is 0.464 e. The minimum atomic E-state index is -0.652. The van der Waals surface area contributed by atoms with E-state index in [0.29, 0.717) is 0 Å². The summed E-state index contributed by atoms with van der Waals surface area (Å²) in [5.74, 6) is -0.579. The molecule has 0 aliphatic carbocycles. The Balaban J connectivity index is 3.09. The van der Waals surface area contributed by atoms with Gasteiger partial charge < -0.3 is 9.47 Å². The minimum absolute atomic E-state index is 0.153. The van der Waals surface area contributed by atoms with E-state index in [1.165, 1.54) is 12.0 Å². The highest BCUT2D eigenvalue weighted by molar-refractivity contribution is 5.92. The van der Waals surface area contributed by atoms with Crippen molar-refractivity contribution in [3.05, 3.63) is 47.7 Å². The van der Waals surface area contributed by atoms with Crippen LogP contribution in [0.2, 0.25) is 0 Å². The quantitative estimate of drug-likeness (QED) is 0.631. The number of esters is 1. The number of rotatable bonds is 4. The van der Waals surface area contributed by atoms with Crippen LogP contribution in [-0.4, -0.2) is 29.7 Å². The third-order valence-corrected chi connectivity index (χ3v) is 2.76. The van der Waals surface area contributed by atoms with Crippen LogP contribution in [0, 0.1) is 0 Å². The molecule has 0 heterocycles. The Kier molecular flexibility index (Phi) is 6.16. The van der Waals surface area contributed by atoms with Gasteiger partial charge in [-0.2, -0.15) is 0 Å². The number of carbonyl (C=O) groups is 2.